The second-order valence-electron chi connectivity index (χ2n) is 8.43. The number of carbonyl (C=O) groups excluding carboxylic acids is 1. The van der Waals surface area contributed by atoms with E-state index >= 15 is 0 Å². The average Bonchev–Trinajstić information content (AvgIpc) is 3.13. The molecule has 1 aromatic carbocycles. The number of rotatable bonds is 5. The molecule has 4 rings (SSSR count). The zero-order chi connectivity index (χ0) is 21.6. The van der Waals surface area contributed by atoms with Crippen molar-refractivity contribution < 1.29 is 15.0 Å². The second kappa shape index (κ2) is 8.75. The van der Waals surface area contributed by atoms with Gasteiger partial charge in [0.1, 0.15) is 0 Å². The summed E-state index contributed by atoms with van der Waals surface area (Å²) < 4.78 is 0.820. The van der Waals surface area contributed by atoms with Gasteiger partial charge in [-0.1, -0.05) is 31.0 Å². The zero-order valence-electron chi connectivity index (χ0n) is 17.3. The van der Waals surface area contributed by atoms with Crippen molar-refractivity contribution in [2.24, 2.45) is 11.8 Å². The molecule has 2 aliphatic heterocycles. The normalized spacial score (nSPS) is 24.7. The first kappa shape index (κ1) is 22.0. The summed E-state index contributed by atoms with van der Waals surface area (Å²) in [6.45, 7) is 5.50. The Morgan fingerprint density at radius 1 is 1.43 bits per heavy atom. The Morgan fingerprint density at radius 3 is 2.83 bits per heavy atom. The standard InChI is InChI=1S/C23H28BrClN2O3/c1-3-13-10-27-6-4-16-20-14(11-29)8-18(25)21(24)23(20)26-22(16)19(27)9-17(13)15(5-7-28)12(2)30/h5,8,13,17,19,26,28-29H,3-4,6-7,9-11H2,1-2H3/b15-5-/t13-,17+,19+/m1/s1. The van der Waals surface area contributed by atoms with Crippen molar-refractivity contribution in [2.75, 3.05) is 19.7 Å². The maximum atomic E-state index is 12.4. The lowest BCUT2D eigenvalue weighted by Crippen LogP contribution is -2.46. The van der Waals surface area contributed by atoms with Crippen LogP contribution in [0.5, 0.6) is 0 Å². The number of piperidine rings is 1. The van der Waals surface area contributed by atoms with E-state index in [1.165, 1.54) is 11.3 Å². The molecule has 1 saturated heterocycles. The van der Waals surface area contributed by atoms with Gasteiger partial charge in [-0.05, 0) is 70.3 Å². The number of H-pyrrole nitrogens is 1. The van der Waals surface area contributed by atoms with Gasteiger partial charge < -0.3 is 15.2 Å². The van der Waals surface area contributed by atoms with Crippen molar-refractivity contribution in [3.8, 4) is 0 Å². The Morgan fingerprint density at radius 2 is 2.20 bits per heavy atom. The molecule has 0 aliphatic carbocycles. The van der Waals surface area contributed by atoms with Crippen LogP contribution in [0, 0.1) is 11.8 Å². The number of aromatic amines is 1. The van der Waals surface area contributed by atoms with Crippen LogP contribution >= 0.6 is 27.5 Å². The number of hydrogen-bond donors (Lipinski definition) is 3. The lowest BCUT2D eigenvalue weighted by atomic mass is 9.73. The number of allylic oxidation sites excluding steroid dienone is 1. The maximum absolute atomic E-state index is 12.4. The average molecular weight is 496 g/mol. The fourth-order valence-electron chi connectivity index (χ4n) is 5.54. The smallest absolute Gasteiger partial charge is 0.155 e. The molecule has 0 saturated carbocycles. The van der Waals surface area contributed by atoms with Crippen LogP contribution in [0.1, 0.15) is 49.6 Å². The van der Waals surface area contributed by atoms with Crippen molar-refractivity contribution in [3.63, 3.8) is 0 Å². The highest BCUT2D eigenvalue weighted by molar-refractivity contribution is 9.10. The van der Waals surface area contributed by atoms with Crippen molar-refractivity contribution in [1.82, 2.24) is 9.88 Å². The third kappa shape index (κ3) is 3.56. The molecular weight excluding hydrogens is 468 g/mol. The van der Waals surface area contributed by atoms with E-state index in [4.69, 9.17) is 11.6 Å². The van der Waals surface area contributed by atoms with Gasteiger partial charge >= 0.3 is 0 Å². The second-order valence-corrected chi connectivity index (χ2v) is 9.63. The molecule has 2 aromatic rings. The van der Waals surface area contributed by atoms with E-state index in [0.717, 1.165) is 58.9 Å². The van der Waals surface area contributed by atoms with E-state index in [1.54, 1.807) is 13.0 Å². The summed E-state index contributed by atoms with van der Waals surface area (Å²) in [7, 11) is 0. The number of carbonyl (C=O) groups is 1. The number of ketones is 1. The highest BCUT2D eigenvalue weighted by atomic mass is 79.9. The van der Waals surface area contributed by atoms with E-state index in [1.807, 2.05) is 6.07 Å². The molecule has 0 radical (unpaired) electrons. The minimum absolute atomic E-state index is 0.0470. The number of halogens is 2. The third-order valence-electron chi connectivity index (χ3n) is 6.94. The highest BCUT2D eigenvalue weighted by Gasteiger charge is 2.41. The number of aliphatic hydroxyl groups excluding tert-OH is 2. The van der Waals surface area contributed by atoms with E-state index in [2.05, 4.69) is 32.7 Å². The number of nitrogens with one attached hydrogen (secondary N) is 1. The van der Waals surface area contributed by atoms with Crippen LogP contribution in [-0.4, -0.2) is 45.6 Å². The Labute approximate surface area is 190 Å². The molecule has 162 valence electrons. The molecule has 0 unspecified atom stereocenters. The van der Waals surface area contributed by atoms with E-state index in [0.29, 0.717) is 10.9 Å². The first-order valence-electron chi connectivity index (χ1n) is 10.6. The van der Waals surface area contributed by atoms with Crippen LogP contribution in [0.3, 0.4) is 0 Å². The minimum Gasteiger partial charge on any atom is -0.392 e. The van der Waals surface area contributed by atoms with Gasteiger partial charge in [-0.25, -0.2) is 0 Å². The molecule has 0 amide bonds. The van der Waals surface area contributed by atoms with Crippen molar-refractivity contribution in [3.05, 3.63) is 44.0 Å². The molecular formula is C23H28BrClN2O3. The van der Waals surface area contributed by atoms with Crippen LogP contribution in [-0.2, 0) is 17.8 Å². The summed E-state index contributed by atoms with van der Waals surface area (Å²) in [6.07, 6.45) is 4.45. The number of aromatic nitrogens is 1. The molecule has 0 bridgehead atoms. The van der Waals surface area contributed by atoms with Gasteiger partial charge in [0, 0.05) is 24.2 Å². The van der Waals surface area contributed by atoms with Crippen LogP contribution in [0.4, 0.5) is 0 Å². The summed E-state index contributed by atoms with van der Waals surface area (Å²) in [5.74, 6) is 0.566. The fourth-order valence-corrected chi connectivity index (χ4v) is 6.18. The topological polar surface area (TPSA) is 76.6 Å². The predicted molar refractivity (Wildman–Crippen MR) is 123 cm³/mol. The Bertz CT molecular complexity index is 1020. The molecule has 7 heteroatoms. The number of hydrogen-bond acceptors (Lipinski definition) is 4. The van der Waals surface area contributed by atoms with Gasteiger partial charge in [0.2, 0.25) is 0 Å². The molecule has 30 heavy (non-hydrogen) atoms. The quantitative estimate of drug-likeness (QED) is 0.533. The van der Waals surface area contributed by atoms with Gasteiger partial charge in [-0.15, -0.1) is 0 Å². The van der Waals surface area contributed by atoms with Gasteiger partial charge in [0.15, 0.2) is 5.78 Å². The number of Topliss-reactive ketones (excluding diaryl/α,β-unsaturated/α-hetero) is 1. The molecule has 5 nitrogen and oxygen atoms in total. The summed E-state index contributed by atoms with van der Waals surface area (Å²) in [5, 5.41) is 21.1. The van der Waals surface area contributed by atoms with Gasteiger partial charge in [0.05, 0.1) is 34.3 Å². The summed E-state index contributed by atoms with van der Waals surface area (Å²) in [4.78, 5) is 18.5. The number of benzene rings is 1. The van der Waals surface area contributed by atoms with Crippen LogP contribution in [0.25, 0.3) is 10.9 Å². The van der Waals surface area contributed by atoms with Gasteiger partial charge in [0.25, 0.3) is 0 Å². The minimum atomic E-state index is -0.112. The maximum Gasteiger partial charge on any atom is 0.155 e. The van der Waals surface area contributed by atoms with Gasteiger partial charge in [-0.2, -0.15) is 0 Å². The molecule has 3 heterocycles. The SMILES string of the molecule is CC[C@@H]1CN2CCc3c([nH]c4c(Br)c(Cl)cc(CO)c34)[C@@H]2C[C@@H]1/C(=C\CO)C(C)=O. The Kier molecular flexibility index (Phi) is 6.43. The lowest BCUT2D eigenvalue weighted by molar-refractivity contribution is -0.114. The molecule has 3 atom stereocenters. The van der Waals surface area contributed by atoms with Crippen LogP contribution in [0.2, 0.25) is 5.02 Å². The molecule has 3 N–H and O–H groups in total. The lowest BCUT2D eigenvalue weighted by Gasteiger charge is -2.46. The van der Waals surface area contributed by atoms with Gasteiger partial charge in [-0.3, -0.25) is 9.69 Å². The van der Waals surface area contributed by atoms with Crippen molar-refractivity contribution in [1.29, 1.82) is 0 Å². The summed E-state index contributed by atoms with van der Waals surface area (Å²) in [5.41, 5.74) is 4.95. The Hall–Kier alpha value is -1.18. The van der Waals surface area contributed by atoms with Crippen LogP contribution < -0.4 is 0 Å². The van der Waals surface area contributed by atoms with Crippen molar-refractivity contribution in [2.45, 2.75) is 45.8 Å². The predicted octanol–water partition coefficient (Wildman–Crippen LogP) is 4.53. The first-order valence-corrected chi connectivity index (χ1v) is 11.8. The van der Waals surface area contributed by atoms with E-state index in [9.17, 15) is 15.0 Å². The number of aliphatic hydroxyl groups is 2. The van der Waals surface area contributed by atoms with E-state index in [-0.39, 0.29) is 31.0 Å². The monoisotopic (exact) mass is 494 g/mol. The Balaban J connectivity index is 1.82. The highest BCUT2D eigenvalue weighted by Crippen LogP contribution is 2.47. The molecule has 1 fully saturated rings. The van der Waals surface area contributed by atoms with Crippen LogP contribution in [0.15, 0.2) is 22.2 Å². The van der Waals surface area contributed by atoms with E-state index < -0.39 is 0 Å². The summed E-state index contributed by atoms with van der Waals surface area (Å²) >= 11 is 10.0. The molecule has 2 aliphatic rings. The summed E-state index contributed by atoms with van der Waals surface area (Å²) in [6, 6.07) is 2.01. The molecule has 0 spiro atoms. The largest absolute Gasteiger partial charge is 0.392 e. The van der Waals surface area contributed by atoms with Crippen molar-refractivity contribution >= 4 is 44.2 Å². The number of nitrogens with zero attached hydrogens (tertiary/aromatic N) is 1. The fraction of sp³-hybridized carbons (Fsp3) is 0.522. The molecule has 1 aromatic heterocycles. The third-order valence-corrected chi connectivity index (χ3v) is 8.29. The number of fused-ring (bicyclic) bond motifs is 5. The first-order chi connectivity index (χ1) is 14.4. The zero-order valence-corrected chi connectivity index (χ0v) is 19.7.